The molecule has 0 bridgehead atoms. The molecule has 0 saturated heterocycles. The molecule has 2 aliphatic carbocycles. The lowest BCUT2D eigenvalue weighted by Gasteiger charge is -2.17. The summed E-state index contributed by atoms with van der Waals surface area (Å²) in [6.07, 6.45) is 4.08. The second-order valence-electron chi connectivity index (χ2n) is 5.86. The topological polar surface area (TPSA) is 49.3 Å². The van der Waals surface area contributed by atoms with E-state index in [0.29, 0.717) is 18.3 Å². The second kappa shape index (κ2) is 5.25. The standard InChI is InChI=1S/C15H21NO2S/c1-9-2-5-14(19-9)11-8-12(11)15(18)16-13(6-7-17)10-3-4-10/h2,5,10-13,17H,3-4,6-8H2,1H3,(H,16,18). The van der Waals surface area contributed by atoms with E-state index in [1.165, 1.54) is 22.6 Å². The zero-order chi connectivity index (χ0) is 13.4. The number of amides is 1. The maximum absolute atomic E-state index is 12.2. The molecule has 2 fully saturated rings. The summed E-state index contributed by atoms with van der Waals surface area (Å²) in [5.41, 5.74) is 0. The minimum absolute atomic E-state index is 0.165. The fourth-order valence-electron chi connectivity index (χ4n) is 2.81. The zero-order valence-electron chi connectivity index (χ0n) is 11.3. The zero-order valence-corrected chi connectivity index (χ0v) is 12.1. The van der Waals surface area contributed by atoms with E-state index in [1.807, 2.05) is 11.3 Å². The van der Waals surface area contributed by atoms with Crippen LogP contribution in [0.2, 0.25) is 0 Å². The van der Waals surface area contributed by atoms with Crippen LogP contribution in [0.5, 0.6) is 0 Å². The first-order valence-corrected chi connectivity index (χ1v) is 7.98. The van der Waals surface area contributed by atoms with E-state index in [-0.39, 0.29) is 24.5 Å². The molecule has 3 rings (SSSR count). The Morgan fingerprint density at radius 1 is 1.53 bits per heavy atom. The molecule has 2 aliphatic rings. The molecule has 1 aromatic heterocycles. The SMILES string of the molecule is Cc1ccc(C2CC2C(=O)NC(CCO)C2CC2)s1. The predicted molar refractivity (Wildman–Crippen MR) is 76.3 cm³/mol. The summed E-state index contributed by atoms with van der Waals surface area (Å²) >= 11 is 1.81. The summed E-state index contributed by atoms with van der Waals surface area (Å²) in [4.78, 5) is 14.9. The van der Waals surface area contributed by atoms with E-state index >= 15 is 0 Å². The van der Waals surface area contributed by atoms with Gasteiger partial charge in [-0.1, -0.05) is 0 Å². The largest absolute Gasteiger partial charge is 0.396 e. The Morgan fingerprint density at radius 3 is 2.89 bits per heavy atom. The molecule has 2 saturated carbocycles. The molecular formula is C15H21NO2S. The summed E-state index contributed by atoms with van der Waals surface area (Å²) in [7, 11) is 0. The van der Waals surface area contributed by atoms with Crippen molar-refractivity contribution in [1.82, 2.24) is 5.32 Å². The summed E-state index contributed by atoms with van der Waals surface area (Å²) in [6, 6.07) is 4.49. The highest BCUT2D eigenvalue weighted by Gasteiger charge is 2.46. The molecule has 3 nitrogen and oxygen atoms in total. The van der Waals surface area contributed by atoms with E-state index in [1.54, 1.807) is 0 Å². The number of nitrogens with one attached hydrogen (secondary N) is 1. The molecule has 3 atom stereocenters. The number of hydrogen-bond donors (Lipinski definition) is 2. The van der Waals surface area contributed by atoms with Crippen molar-refractivity contribution >= 4 is 17.2 Å². The molecular weight excluding hydrogens is 258 g/mol. The molecule has 4 heteroatoms. The van der Waals surface area contributed by atoms with Gasteiger partial charge in [0.05, 0.1) is 0 Å². The van der Waals surface area contributed by atoms with Crippen LogP contribution in [0.1, 0.15) is 41.4 Å². The van der Waals surface area contributed by atoms with Gasteiger partial charge in [0.1, 0.15) is 0 Å². The van der Waals surface area contributed by atoms with Crippen molar-refractivity contribution in [3.63, 3.8) is 0 Å². The van der Waals surface area contributed by atoms with Gasteiger partial charge >= 0.3 is 0 Å². The van der Waals surface area contributed by atoms with Crippen LogP contribution < -0.4 is 5.32 Å². The van der Waals surface area contributed by atoms with Crippen LogP contribution in [0.4, 0.5) is 0 Å². The lowest BCUT2D eigenvalue weighted by Crippen LogP contribution is -2.38. The fraction of sp³-hybridized carbons (Fsp3) is 0.667. The van der Waals surface area contributed by atoms with Crippen LogP contribution in [0.25, 0.3) is 0 Å². The van der Waals surface area contributed by atoms with Gasteiger partial charge in [0, 0.05) is 34.2 Å². The van der Waals surface area contributed by atoms with E-state index in [4.69, 9.17) is 5.11 Å². The summed E-state index contributed by atoms with van der Waals surface area (Å²) in [6.45, 7) is 2.27. The van der Waals surface area contributed by atoms with Crippen LogP contribution in [0.3, 0.4) is 0 Å². The second-order valence-corrected chi connectivity index (χ2v) is 7.18. The van der Waals surface area contributed by atoms with Gasteiger partial charge in [0.25, 0.3) is 0 Å². The third-order valence-corrected chi connectivity index (χ3v) is 5.35. The monoisotopic (exact) mass is 279 g/mol. The van der Waals surface area contributed by atoms with Gasteiger partial charge in [0.15, 0.2) is 0 Å². The van der Waals surface area contributed by atoms with E-state index in [2.05, 4.69) is 24.4 Å². The lowest BCUT2D eigenvalue weighted by molar-refractivity contribution is -0.123. The van der Waals surface area contributed by atoms with Crippen molar-refractivity contribution in [2.75, 3.05) is 6.61 Å². The average Bonchev–Trinajstić information content (AvgIpc) is 3.28. The van der Waals surface area contributed by atoms with Crippen LogP contribution in [-0.2, 0) is 4.79 Å². The molecule has 1 amide bonds. The van der Waals surface area contributed by atoms with Crippen LogP contribution >= 0.6 is 11.3 Å². The number of aliphatic hydroxyl groups is 1. The smallest absolute Gasteiger partial charge is 0.224 e. The van der Waals surface area contributed by atoms with Gasteiger partial charge in [-0.25, -0.2) is 0 Å². The molecule has 2 N–H and O–H groups in total. The molecule has 19 heavy (non-hydrogen) atoms. The van der Waals surface area contributed by atoms with Crippen LogP contribution in [0.15, 0.2) is 12.1 Å². The molecule has 0 aliphatic heterocycles. The first-order chi connectivity index (χ1) is 9.19. The first kappa shape index (κ1) is 13.1. The van der Waals surface area contributed by atoms with E-state index in [9.17, 15) is 4.79 Å². The fourth-order valence-corrected chi connectivity index (χ4v) is 3.86. The van der Waals surface area contributed by atoms with Crippen molar-refractivity contribution in [1.29, 1.82) is 0 Å². The Bertz CT molecular complexity index is 466. The van der Waals surface area contributed by atoms with Gasteiger partial charge in [-0.3, -0.25) is 4.79 Å². The maximum Gasteiger partial charge on any atom is 0.224 e. The highest BCUT2D eigenvalue weighted by molar-refractivity contribution is 7.12. The third-order valence-electron chi connectivity index (χ3n) is 4.21. The van der Waals surface area contributed by atoms with E-state index in [0.717, 1.165) is 6.42 Å². The normalized spacial score (nSPS) is 27.1. The molecule has 1 aromatic rings. The van der Waals surface area contributed by atoms with Gasteiger partial charge in [-0.05, 0) is 50.7 Å². The van der Waals surface area contributed by atoms with Gasteiger partial charge < -0.3 is 10.4 Å². The average molecular weight is 279 g/mol. The summed E-state index contributed by atoms with van der Waals surface area (Å²) in [5, 5.41) is 12.2. The van der Waals surface area contributed by atoms with Crippen molar-refractivity contribution in [3.05, 3.63) is 21.9 Å². The molecule has 3 unspecified atom stereocenters. The number of rotatable bonds is 6. The first-order valence-electron chi connectivity index (χ1n) is 7.16. The number of thiophene rings is 1. The Kier molecular flexibility index (Phi) is 3.63. The molecule has 0 spiro atoms. The van der Waals surface area contributed by atoms with Crippen molar-refractivity contribution in [3.8, 4) is 0 Å². The number of hydrogen-bond acceptors (Lipinski definition) is 3. The third kappa shape index (κ3) is 3.00. The van der Waals surface area contributed by atoms with Crippen molar-refractivity contribution < 1.29 is 9.90 Å². The van der Waals surface area contributed by atoms with Crippen LogP contribution in [-0.4, -0.2) is 23.7 Å². The number of aliphatic hydroxyl groups excluding tert-OH is 1. The highest BCUT2D eigenvalue weighted by atomic mass is 32.1. The van der Waals surface area contributed by atoms with Crippen molar-refractivity contribution in [2.45, 2.75) is 44.6 Å². The Hall–Kier alpha value is -0.870. The molecule has 1 heterocycles. The predicted octanol–water partition coefficient (Wildman–Crippen LogP) is 2.44. The van der Waals surface area contributed by atoms with Crippen LogP contribution in [0, 0.1) is 18.8 Å². The molecule has 0 radical (unpaired) electrons. The highest BCUT2D eigenvalue weighted by Crippen LogP contribution is 2.50. The molecule has 0 aromatic carbocycles. The number of carbonyl (C=O) groups is 1. The quantitative estimate of drug-likeness (QED) is 0.840. The Morgan fingerprint density at radius 2 is 2.32 bits per heavy atom. The molecule has 104 valence electrons. The van der Waals surface area contributed by atoms with Gasteiger partial charge in [-0.2, -0.15) is 0 Å². The van der Waals surface area contributed by atoms with Crippen molar-refractivity contribution in [2.24, 2.45) is 11.8 Å². The minimum atomic E-state index is 0.165. The Balaban J connectivity index is 1.54. The number of carbonyl (C=O) groups excluding carboxylic acids is 1. The summed E-state index contributed by atoms with van der Waals surface area (Å²) in [5.74, 6) is 1.41. The lowest BCUT2D eigenvalue weighted by atomic mass is 10.1. The Labute approximate surface area is 118 Å². The summed E-state index contributed by atoms with van der Waals surface area (Å²) < 4.78 is 0. The maximum atomic E-state index is 12.2. The van der Waals surface area contributed by atoms with Gasteiger partial charge in [-0.15, -0.1) is 11.3 Å². The van der Waals surface area contributed by atoms with Gasteiger partial charge in [0.2, 0.25) is 5.91 Å². The number of aryl methyl sites for hydroxylation is 1. The van der Waals surface area contributed by atoms with E-state index < -0.39 is 0 Å². The minimum Gasteiger partial charge on any atom is -0.396 e.